The van der Waals surface area contributed by atoms with Crippen molar-refractivity contribution < 1.29 is 4.74 Å². The standard InChI is InChI=1S/C19H27N5O/c1-4-16(11-20-6-1)15-25-19-5-2-8-23(14-19)13-17-10-18-12-21-7-3-9-24(18)22-17/h1,4,6,10-11,19,21H,2-3,5,7-9,12-15H2. The second kappa shape index (κ2) is 8.08. The molecule has 1 unspecified atom stereocenters. The normalized spacial score (nSPS) is 21.7. The smallest absolute Gasteiger partial charge is 0.0768 e. The lowest BCUT2D eigenvalue weighted by atomic mass is 10.1. The van der Waals surface area contributed by atoms with Gasteiger partial charge in [-0.3, -0.25) is 14.6 Å². The molecule has 0 aromatic carbocycles. The zero-order chi connectivity index (χ0) is 16.9. The van der Waals surface area contributed by atoms with Gasteiger partial charge >= 0.3 is 0 Å². The highest BCUT2D eigenvalue weighted by atomic mass is 16.5. The number of likely N-dealkylation sites (tertiary alicyclic amines) is 1. The Bertz CT molecular complexity index is 648. The zero-order valence-corrected chi connectivity index (χ0v) is 14.7. The van der Waals surface area contributed by atoms with Gasteiger partial charge < -0.3 is 10.1 Å². The van der Waals surface area contributed by atoms with Crippen LogP contribution in [0.15, 0.2) is 30.6 Å². The molecule has 4 rings (SSSR count). The maximum absolute atomic E-state index is 6.12. The fourth-order valence-corrected chi connectivity index (χ4v) is 3.72. The third-order valence-corrected chi connectivity index (χ3v) is 5.00. The molecular weight excluding hydrogens is 314 g/mol. The first-order chi connectivity index (χ1) is 12.4. The average molecular weight is 341 g/mol. The van der Waals surface area contributed by atoms with Crippen LogP contribution in [-0.2, 0) is 31.0 Å². The number of nitrogens with zero attached hydrogens (tertiary/aromatic N) is 4. The first kappa shape index (κ1) is 16.7. The van der Waals surface area contributed by atoms with Crippen LogP contribution >= 0.6 is 0 Å². The van der Waals surface area contributed by atoms with Crippen molar-refractivity contribution in [3.8, 4) is 0 Å². The van der Waals surface area contributed by atoms with E-state index in [0.29, 0.717) is 12.7 Å². The summed E-state index contributed by atoms with van der Waals surface area (Å²) in [6.45, 7) is 6.74. The van der Waals surface area contributed by atoms with Gasteiger partial charge in [-0.05, 0) is 50.0 Å². The Kier molecular flexibility index (Phi) is 5.40. The van der Waals surface area contributed by atoms with Crippen molar-refractivity contribution in [2.45, 2.75) is 51.6 Å². The van der Waals surface area contributed by atoms with E-state index in [4.69, 9.17) is 9.84 Å². The van der Waals surface area contributed by atoms with E-state index in [2.05, 4.69) is 32.0 Å². The van der Waals surface area contributed by atoms with Crippen LogP contribution in [0.5, 0.6) is 0 Å². The van der Waals surface area contributed by atoms with Gasteiger partial charge in [0.25, 0.3) is 0 Å². The van der Waals surface area contributed by atoms with Gasteiger partial charge in [-0.1, -0.05) is 6.07 Å². The van der Waals surface area contributed by atoms with Crippen molar-refractivity contribution in [2.75, 3.05) is 19.6 Å². The van der Waals surface area contributed by atoms with Crippen LogP contribution in [0.3, 0.4) is 0 Å². The molecule has 0 radical (unpaired) electrons. The average Bonchev–Trinajstić information content (AvgIpc) is 2.89. The van der Waals surface area contributed by atoms with Crippen LogP contribution in [0.4, 0.5) is 0 Å². The van der Waals surface area contributed by atoms with E-state index in [9.17, 15) is 0 Å². The van der Waals surface area contributed by atoms with Gasteiger partial charge in [0.2, 0.25) is 0 Å². The maximum Gasteiger partial charge on any atom is 0.0768 e. The van der Waals surface area contributed by atoms with Crippen molar-refractivity contribution in [2.24, 2.45) is 0 Å². The van der Waals surface area contributed by atoms with Crippen LogP contribution in [0.1, 0.15) is 36.2 Å². The lowest BCUT2D eigenvalue weighted by Gasteiger charge is -2.32. The van der Waals surface area contributed by atoms with Crippen molar-refractivity contribution in [1.82, 2.24) is 25.0 Å². The number of rotatable bonds is 5. The summed E-state index contributed by atoms with van der Waals surface area (Å²) in [7, 11) is 0. The Morgan fingerprint density at radius 3 is 3.20 bits per heavy atom. The molecule has 0 saturated carbocycles. The molecule has 2 aromatic heterocycles. The predicted molar refractivity (Wildman–Crippen MR) is 95.9 cm³/mol. The monoisotopic (exact) mass is 341 g/mol. The molecular formula is C19H27N5O. The molecule has 6 nitrogen and oxygen atoms in total. The van der Waals surface area contributed by atoms with Gasteiger partial charge in [0.15, 0.2) is 0 Å². The molecule has 1 fully saturated rings. The molecule has 1 N–H and O–H groups in total. The van der Waals surface area contributed by atoms with E-state index in [1.807, 2.05) is 12.3 Å². The summed E-state index contributed by atoms with van der Waals surface area (Å²) in [5, 5.41) is 8.27. The lowest BCUT2D eigenvalue weighted by molar-refractivity contribution is -0.0124. The van der Waals surface area contributed by atoms with Crippen LogP contribution in [0.25, 0.3) is 0 Å². The molecule has 2 aliphatic heterocycles. The highest BCUT2D eigenvalue weighted by Crippen LogP contribution is 2.18. The molecule has 1 saturated heterocycles. The number of piperidine rings is 1. The summed E-state index contributed by atoms with van der Waals surface area (Å²) < 4.78 is 8.29. The first-order valence-corrected chi connectivity index (χ1v) is 9.36. The molecule has 4 heterocycles. The number of nitrogens with one attached hydrogen (secondary N) is 1. The summed E-state index contributed by atoms with van der Waals surface area (Å²) in [5.74, 6) is 0. The second-order valence-electron chi connectivity index (χ2n) is 7.05. The Labute approximate surface area is 149 Å². The SMILES string of the molecule is c1cncc(COC2CCCN(Cc3cc4n(n3)CCCNC4)C2)c1. The Hall–Kier alpha value is -1.76. The number of aryl methyl sites for hydroxylation is 1. The Morgan fingerprint density at radius 2 is 2.28 bits per heavy atom. The third kappa shape index (κ3) is 4.45. The van der Waals surface area contributed by atoms with E-state index in [0.717, 1.165) is 57.7 Å². The summed E-state index contributed by atoms with van der Waals surface area (Å²) in [5.41, 5.74) is 3.64. The van der Waals surface area contributed by atoms with E-state index in [1.165, 1.54) is 17.8 Å². The van der Waals surface area contributed by atoms with Gasteiger partial charge in [-0.25, -0.2) is 0 Å². The fraction of sp³-hybridized carbons (Fsp3) is 0.579. The summed E-state index contributed by atoms with van der Waals surface area (Å²) >= 11 is 0. The van der Waals surface area contributed by atoms with Gasteiger partial charge in [0.1, 0.15) is 0 Å². The van der Waals surface area contributed by atoms with E-state index < -0.39 is 0 Å². The molecule has 6 heteroatoms. The van der Waals surface area contributed by atoms with Gasteiger partial charge in [-0.15, -0.1) is 0 Å². The Balaban J connectivity index is 1.31. The summed E-state index contributed by atoms with van der Waals surface area (Å²) in [6, 6.07) is 6.29. The first-order valence-electron chi connectivity index (χ1n) is 9.36. The zero-order valence-electron chi connectivity index (χ0n) is 14.7. The van der Waals surface area contributed by atoms with E-state index >= 15 is 0 Å². The predicted octanol–water partition coefficient (Wildman–Crippen LogP) is 1.95. The van der Waals surface area contributed by atoms with Gasteiger partial charge in [0.05, 0.1) is 24.1 Å². The van der Waals surface area contributed by atoms with Crippen LogP contribution in [0.2, 0.25) is 0 Å². The van der Waals surface area contributed by atoms with Gasteiger partial charge in [-0.2, -0.15) is 5.10 Å². The van der Waals surface area contributed by atoms with E-state index in [1.54, 1.807) is 6.20 Å². The summed E-state index contributed by atoms with van der Waals surface area (Å²) in [6.07, 6.45) is 7.46. The Morgan fingerprint density at radius 1 is 1.28 bits per heavy atom. The minimum Gasteiger partial charge on any atom is -0.372 e. The number of aromatic nitrogens is 3. The van der Waals surface area contributed by atoms with Crippen molar-refractivity contribution in [3.63, 3.8) is 0 Å². The molecule has 0 aliphatic carbocycles. The van der Waals surface area contributed by atoms with Crippen molar-refractivity contribution in [3.05, 3.63) is 47.5 Å². The molecule has 1 atom stereocenters. The van der Waals surface area contributed by atoms with Crippen LogP contribution < -0.4 is 5.32 Å². The highest BCUT2D eigenvalue weighted by molar-refractivity contribution is 5.11. The number of hydrogen-bond acceptors (Lipinski definition) is 5. The molecule has 0 spiro atoms. The topological polar surface area (TPSA) is 55.2 Å². The minimum atomic E-state index is 0.302. The van der Waals surface area contributed by atoms with E-state index in [-0.39, 0.29) is 0 Å². The molecule has 2 aliphatic rings. The summed E-state index contributed by atoms with van der Waals surface area (Å²) in [4.78, 5) is 6.63. The quantitative estimate of drug-likeness (QED) is 0.901. The number of pyridine rings is 1. The third-order valence-electron chi connectivity index (χ3n) is 5.00. The molecule has 25 heavy (non-hydrogen) atoms. The van der Waals surface area contributed by atoms with Gasteiger partial charge in [0, 0.05) is 38.6 Å². The highest BCUT2D eigenvalue weighted by Gasteiger charge is 2.22. The number of ether oxygens (including phenoxy) is 1. The number of hydrogen-bond donors (Lipinski definition) is 1. The largest absolute Gasteiger partial charge is 0.372 e. The molecule has 2 aromatic rings. The molecule has 0 bridgehead atoms. The fourth-order valence-electron chi connectivity index (χ4n) is 3.72. The van der Waals surface area contributed by atoms with Crippen molar-refractivity contribution in [1.29, 1.82) is 0 Å². The van der Waals surface area contributed by atoms with Crippen LogP contribution in [-0.4, -0.2) is 45.4 Å². The maximum atomic E-state index is 6.12. The molecule has 134 valence electrons. The molecule has 0 amide bonds. The second-order valence-corrected chi connectivity index (χ2v) is 7.05. The minimum absolute atomic E-state index is 0.302. The number of fused-ring (bicyclic) bond motifs is 1. The van der Waals surface area contributed by atoms with Crippen molar-refractivity contribution >= 4 is 0 Å². The van der Waals surface area contributed by atoms with Crippen LogP contribution in [0, 0.1) is 0 Å². The lowest BCUT2D eigenvalue weighted by Crippen LogP contribution is -2.39.